The Morgan fingerprint density at radius 1 is 0.833 bits per heavy atom. The zero-order valence-corrected chi connectivity index (χ0v) is 21.0. The van der Waals surface area contributed by atoms with Gasteiger partial charge in [0.25, 0.3) is 0 Å². The first kappa shape index (κ1) is 28.7. The Kier molecular flexibility index (Phi) is 10.7. The normalized spacial score (nSPS) is 22.9. The van der Waals surface area contributed by atoms with E-state index in [0.717, 1.165) is 20.8 Å². The molecule has 1 heterocycles. The molecule has 2 N–H and O–H groups in total. The van der Waals surface area contributed by atoms with Gasteiger partial charge in [0, 0.05) is 33.3 Å². The average molecular weight is 525 g/mol. The van der Waals surface area contributed by atoms with E-state index in [-0.39, 0.29) is 24.0 Å². The van der Waals surface area contributed by atoms with Crippen molar-refractivity contribution in [3.63, 3.8) is 0 Å². The van der Waals surface area contributed by atoms with E-state index in [4.69, 9.17) is 35.9 Å². The quantitative estimate of drug-likeness (QED) is 0.198. The molecule has 1 aromatic rings. The van der Waals surface area contributed by atoms with Crippen LogP contribution in [-0.2, 0) is 42.9 Å². The molecule has 1 aliphatic rings. The Bertz CT molecular complexity index is 986. The van der Waals surface area contributed by atoms with Gasteiger partial charge in [-0.15, -0.1) is 0 Å². The van der Waals surface area contributed by atoms with Crippen molar-refractivity contribution in [3.05, 3.63) is 35.9 Å². The summed E-state index contributed by atoms with van der Waals surface area (Å²) in [7, 11) is 0. The predicted molar refractivity (Wildman–Crippen MR) is 126 cm³/mol. The fourth-order valence-electron chi connectivity index (χ4n) is 3.41. The van der Waals surface area contributed by atoms with Gasteiger partial charge in [0.1, 0.15) is 12.7 Å². The lowest BCUT2D eigenvalue weighted by molar-refractivity contribution is -0.254. The van der Waals surface area contributed by atoms with E-state index in [1.807, 2.05) is 0 Å². The molecule has 13 heteroatoms. The molecular weight excluding hydrogens is 496 g/mol. The molecule has 5 unspecified atom stereocenters. The molecule has 0 amide bonds. The summed E-state index contributed by atoms with van der Waals surface area (Å²) in [6, 6.07) is 8.53. The summed E-state index contributed by atoms with van der Waals surface area (Å²) in [5.74, 6) is -3.10. The van der Waals surface area contributed by atoms with Gasteiger partial charge in [-0.2, -0.15) is 0 Å². The second-order valence-corrected chi connectivity index (χ2v) is 8.14. The largest absolute Gasteiger partial charge is 0.463 e. The first-order valence-electron chi connectivity index (χ1n) is 10.9. The number of carbonyl (C=O) groups excluding carboxylic acids is 5. The van der Waals surface area contributed by atoms with Crippen LogP contribution in [0.4, 0.5) is 0 Å². The van der Waals surface area contributed by atoms with E-state index in [2.05, 4.69) is 10.6 Å². The molecular formula is C23H28N2O10S. The van der Waals surface area contributed by atoms with Crippen molar-refractivity contribution < 1.29 is 47.7 Å². The number of ketones is 1. The Balaban J connectivity index is 2.26. The third-order valence-corrected chi connectivity index (χ3v) is 5.03. The van der Waals surface area contributed by atoms with E-state index in [9.17, 15) is 24.0 Å². The summed E-state index contributed by atoms with van der Waals surface area (Å²) in [4.78, 5) is 59.2. The molecule has 0 aromatic heterocycles. The molecule has 0 aliphatic carbocycles. The van der Waals surface area contributed by atoms with Gasteiger partial charge in [0.2, 0.25) is 0 Å². The van der Waals surface area contributed by atoms with Crippen molar-refractivity contribution in [3.8, 4) is 0 Å². The zero-order valence-electron chi connectivity index (χ0n) is 20.2. The number of rotatable bonds is 9. The number of ether oxygens (including phenoxy) is 5. The third-order valence-electron chi connectivity index (χ3n) is 4.77. The van der Waals surface area contributed by atoms with Crippen LogP contribution in [0, 0.1) is 0 Å². The maximum atomic E-state index is 12.4. The predicted octanol–water partition coefficient (Wildman–Crippen LogP) is 0.417. The standard InChI is InChI=1S/C23H28N2O10S/c1-12(26)31-11-18-19(32-13(2)27)20(33-14(3)28)21(34-15(4)29)22(35-18)25-23(36)24-10-17(30)16-8-6-5-7-9-16/h5-9,18-22H,10-11H2,1-4H3,(H2,24,25,36). The molecule has 5 atom stereocenters. The lowest BCUT2D eigenvalue weighted by atomic mass is 9.97. The third kappa shape index (κ3) is 8.89. The molecule has 12 nitrogen and oxygen atoms in total. The summed E-state index contributed by atoms with van der Waals surface area (Å²) in [6.07, 6.45) is -6.31. The smallest absolute Gasteiger partial charge is 0.303 e. The minimum atomic E-state index is -1.34. The molecule has 1 aromatic carbocycles. The number of benzene rings is 1. The van der Waals surface area contributed by atoms with Crippen LogP contribution >= 0.6 is 12.2 Å². The summed E-state index contributed by atoms with van der Waals surface area (Å²) in [5.41, 5.74) is 0.472. The SMILES string of the molecule is CC(=O)OCC1OC(NC(=S)NCC(=O)c2ccccc2)C(OC(C)=O)C(OC(C)=O)C1OC(C)=O. The molecule has 36 heavy (non-hydrogen) atoms. The van der Waals surface area contributed by atoms with Crippen molar-refractivity contribution in [1.82, 2.24) is 10.6 Å². The molecule has 1 saturated heterocycles. The van der Waals surface area contributed by atoms with Gasteiger partial charge in [-0.3, -0.25) is 24.0 Å². The fourth-order valence-corrected chi connectivity index (χ4v) is 3.60. The minimum Gasteiger partial charge on any atom is -0.463 e. The van der Waals surface area contributed by atoms with Gasteiger partial charge in [-0.25, -0.2) is 0 Å². The second-order valence-electron chi connectivity index (χ2n) is 7.74. The van der Waals surface area contributed by atoms with Crippen LogP contribution in [0.15, 0.2) is 30.3 Å². The second kappa shape index (κ2) is 13.5. The van der Waals surface area contributed by atoms with Crippen molar-refractivity contribution in [2.45, 2.75) is 58.3 Å². The van der Waals surface area contributed by atoms with E-state index >= 15 is 0 Å². The Morgan fingerprint density at radius 3 is 1.94 bits per heavy atom. The van der Waals surface area contributed by atoms with Crippen LogP contribution in [0.3, 0.4) is 0 Å². The van der Waals surface area contributed by atoms with Crippen LogP contribution in [0.5, 0.6) is 0 Å². The van der Waals surface area contributed by atoms with Crippen LogP contribution < -0.4 is 10.6 Å². The monoisotopic (exact) mass is 524 g/mol. The highest BCUT2D eigenvalue weighted by Gasteiger charge is 2.52. The number of hydrogen-bond donors (Lipinski definition) is 2. The average Bonchev–Trinajstić information content (AvgIpc) is 2.79. The highest BCUT2D eigenvalue weighted by molar-refractivity contribution is 7.80. The zero-order chi connectivity index (χ0) is 26.8. The lowest BCUT2D eigenvalue weighted by Crippen LogP contribution is -2.66. The van der Waals surface area contributed by atoms with Gasteiger partial charge in [-0.1, -0.05) is 30.3 Å². The van der Waals surface area contributed by atoms with E-state index < -0.39 is 54.5 Å². The number of carbonyl (C=O) groups is 5. The van der Waals surface area contributed by atoms with E-state index in [1.54, 1.807) is 30.3 Å². The molecule has 2 rings (SSSR count). The van der Waals surface area contributed by atoms with Gasteiger partial charge >= 0.3 is 23.9 Å². The molecule has 0 saturated carbocycles. The van der Waals surface area contributed by atoms with Crippen LogP contribution in [0.25, 0.3) is 0 Å². The van der Waals surface area contributed by atoms with E-state index in [0.29, 0.717) is 5.56 Å². The maximum absolute atomic E-state index is 12.4. The molecule has 0 bridgehead atoms. The van der Waals surface area contributed by atoms with Gasteiger partial charge in [-0.05, 0) is 12.2 Å². The summed E-state index contributed by atoms with van der Waals surface area (Å²) < 4.78 is 26.9. The number of nitrogens with one attached hydrogen (secondary N) is 2. The van der Waals surface area contributed by atoms with Crippen molar-refractivity contribution in [2.24, 2.45) is 0 Å². The highest BCUT2D eigenvalue weighted by atomic mass is 32.1. The van der Waals surface area contributed by atoms with Crippen molar-refractivity contribution in [1.29, 1.82) is 0 Å². The summed E-state index contributed by atoms with van der Waals surface area (Å²) in [6.45, 7) is 4.03. The molecule has 1 aliphatic heterocycles. The first-order valence-corrected chi connectivity index (χ1v) is 11.3. The number of esters is 4. The van der Waals surface area contributed by atoms with E-state index in [1.165, 1.54) is 6.92 Å². The fraction of sp³-hybridized carbons (Fsp3) is 0.478. The van der Waals surface area contributed by atoms with Crippen molar-refractivity contribution >= 4 is 47.0 Å². The first-order chi connectivity index (χ1) is 17.0. The molecule has 0 spiro atoms. The Morgan fingerprint density at radius 2 is 1.39 bits per heavy atom. The topological polar surface area (TPSA) is 156 Å². The summed E-state index contributed by atoms with van der Waals surface area (Å²) in [5, 5.41) is 5.47. The number of thiocarbonyl (C=S) groups is 1. The molecule has 1 fully saturated rings. The molecule has 0 radical (unpaired) electrons. The highest BCUT2D eigenvalue weighted by Crippen LogP contribution is 2.28. The van der Waals surface area contributed by atoms with Crippen LogP contribution in [0.2, 0.25) is 0 Å². The Labute approximate surface area is 212 Å². The lowest BCUT2D eigenvalue weighted by Gasteiger charge is -2.44. The van der Waals surface area contributed by atoms with Crippen LogP contribution in [0.1, 0.15) is 38.1 Å². The maximum Gasteiger partial charge on any atom is 0.303 e. The molecule has 196 valence electrons. The number of Topliss-reactive ketones (excluding diaryl/α,β-unsaturated/α-hetero) is 1. The van der Waals surface area contributed by atoms with Crippen molar-refractivity contribution in [2.75, 3.05) is 13.2 Å². The van der Waals surface area contributed by atoms with Gasteiger partial charge in [0.05, 0.1) is 6.54 Å². The van der Waals surface area contributed by atoms with Gasteiger partial charge < -0.3 is 34.3 Å². The summed E-state index contributed by atoms with van der Waals surface area (Å²) >= 11 is 5.27. The number of hydrogen-bond acceptors (Lipinski definition) is 11. The Hall–Kier alpha value is -3.58. The van der Waals surface area contributed by atoms with Crippen LogP contribution in [-0.4, -0.2) is 78.6 Å². The van der Waals surface area contributed by atoms with Gasteiger partial charge in [0.15, 0.2) is 35.4 Å². The minimum absolute atomic E-state index is 0.0415.